The molecule has 0 bridgehead atoms. The first-order chi connectivity index (χ1) is 12.0. The number of rotatable bonds is 5. The molecule has 2 aromatic heterocycles. The first-order valence-corrected chi connectivity index (χ1v) is 8.36. The Labute approximate surface area is 144 Å². The summed E-state index contributed by atoms with van der Waals surface area (Å²) in [6.07, 6.45) is -0.0970. The van der Waals surface area contributed by atoms with Crippen LogP contribution in [0, 0.1) is 6.92 Å². The summed E-state index contributed by atoms with van der Waals surface area (Å²) in [4.78, 5) is 28.7. The second-order valence-corrected chi connectivity index (χ2v) is 6.36. The van der Waals surface area contributed by atoms with Crippen LogP contribution in [-0.2, 0) is 19.6 Å². The number of H-pyrrole nitrogens is 1. The second-order valence-electron chi connectivity index (χ2n) is 6.36. The number of hydrogen-bond acceptors (Lipinski definition) is 6. The lowest BCUT2D eigenvalue weighted by atomic mass is 10.2. The van der Waals surface area contributed by atoms with Gasteiger partial charge in [-0.1, -0.05) is 0 Å². The van der Waals surface area contributed by atoms with E-state index in [4.69, 9.17) is 5.11 Å². The molecule has 9 nitrogen and oxygen atoms in total. The molecule has 136 valence electrons. The SMILES string of the molecule is Cc1cc(=O)n(CCN2CCCn3nc([C@H](O)CO)cc3C2)c(=O)[nH]1. The Morgan fingerprint density at radius 2 is 2.08 bits per heavy atom. The van der Waals surface area contributed by atoms with E-state index in [0.29, 0.717) is 31.0 Å². The summed E-state index contributed by atoms with van der Waals surface area (Å²) in [5.41, 5.74) is 1.28. The minimum Gasteiger partial charge on any atom is -0.393 e. The molecular formula is C16H23N5O4. The lowest BCUT2D eigenvalue weighted by Crippen LogP contribution is -2.39. The van der Waals surface area contributed by atoms with Crippen LogP contribution in [0.25, 0.3) is 0 Å². The molecule has 0 fully saturated rings. The standard InChI is InChI=1S/C16H23N5O4/c1-11-7-15(24)20(16(25)17-11)6-5-19-3-2-4-21-12(9-19)8-13(18-21)14(23)10-22/h7-8,14,22-23H,2-6,9-10H2,1H3,(H,17,25)/t14-/m1/s1. The third-order valence-corrected chi connectivity index (χ3v) is 4.42. The highest BCUT2D eigenvalue weighted by atomic mass is 16.3. The van der Waals surface area contributed by atoms with Gasteiger partial charge in [-0.05, 0) is 19.4 Å². The van der Waals surface area contributed by atoms with Crippen LogP contribution >= 0.6 is 0 Å². The molecule has 0 aromatic carbocycles. The van der Waals surface area contributed by atoms with E-state index in [-0.39, 0.29) is 12.2 Å². The third kappa shape index (κ3) is 3.89. The molecule has 9 heteroatoms. The zero-order chi connectivity index (χ0) is 18.0. The van der Waals surface area contributed by atoms with E-state index in [0.717, 1.165) is 25.2 Å². The highest BCUT2D eigenvalue weighted by Crippen LogP contribution is 2.17. The number of hydrogen-bond donors (Lipinski definition) is 3. The number of aromatic nitrogens is 4. The fourth-order valence-electron chi connectivity index (χ4n) is 3.09. The molecule has 0 radical (unpaired) electrons. The second kappa shape index (κ2) is 7.34. The van der Waals surface area contributed by atoms with Crippen molar-refractivity contribution in [3.8, 4) is 0 Å². The summed E-state index contributed by atoms with van der Waals surface area (Å²) < 4.78 is 3.05. The number of aromatic amines is 1. The largest absolute Gasteiger partial charge is 0.393 e. The van der Waals surface area contributed by atoms with Crippen LogP contribution in [0.15, 0.2) is 21.7 Å². The first kappa shape index (κ1) is 17.6. The van der Waals surface area contributed by atoms with Gasteiger partial charge in [0, 0.05) is 44.5 Å². The molecule has 0 saturated carbocycles. The van der Waals surface area contributed by atoms with E-state index in [9.17, 15) is 14.7 Å². The highest BCUT2D eigenvalue weighted by Gasteiger charge is 2.19. The molecule has 0 unspecified atom stereocenters. The van der Waals surface area contributed by atoms with Crippen LogP contribution in [0.1, 0.15) is 29.6 Å². The monoisotopic (exact) mass is 349 g/mol. The lowest BCUT2D eigenvalue weighted by molar-refractivity contribution is 0.0916. The third-order valence-electron chi connectivity index (χ3n) is 4.42. The van der Waals surface area contributed by atoms with Gasteiger partial charge in [0.15, 0.2) is 0 Å². The molecule has 0 amide bonds. The molecule has 1 atom stereocenters. The summed E-state index contributed by atoms with van der Waals surface area (Å²) in [7, 11) is 0. The van der Waals surface area contributed by atoms with Crippen LogP contribution < -0.4 is 11.2 Å². The Kier molecular flexibility index (Phi) is 5.16. The van der Waals surface area contributed by atoms with E-state index in [2.05, 4.69) is 15.0 Å². The predicted molar refractivity (Wildman–Crippen MR) is 90.2 cm³/mol. The maximum atomic E-state index is 12.0. The van der Waals surface area contributed by atoms with Crippen LogP contribution in [0.3, 0.4) is 0 Å². The van der Waals surface area contributed by atoms with Gasteiger partial charge in [0.1, 0.15) is 6.10 Å². The van der Waals surface area contributed by atoms with Crippen LogP contribution in [0.2, 0.25) is 0 Å². The Morgan fingerprint density at radius 1 is 1.28 bits per heavy atom. The number of aliphatic hydroxyl groups excluding tert-OH is 2. The molecule has 2 aromatic rings. The van der Waals surface area contributed by atoms with Crippen molar-refractivity contribution >= 4 is 0 Å². The van der Waals surface area contributed by atoms with Crippen molar-refractivity contribution in [3.63, 3.8) is 0 Å². The van der Waals surface area contributed by atoms with Crippen molar-refractivity contribution < 1.29 is 10.2 Å². The summed E-state index contributed by atoms with van der Waals surface area (Å²) in [6.45, 7) is 4.38. The van der Waals surface area contributed by atoms with E-state index < -0.39 is 11.8 Å². The number of aliphatic hydroxyl groups is 2. The van der Waals surface area contributed by atoms with Gasteiger partial charge >= 0.3 is 5.69 Å². The zero-order valence-corrected chi connectivity index (χ0v) is 14.2. The quantitative estimate of drug-likeness (QED) is 0.636. The topological polar surface area (TPSA) is 116 Å². The van der Waals surface area contributed by atoms with Gasteiger partial charge in [-0.15, -0.1) is 0 Å². The van der Waals surface area contributed by atoms with E-state index in [1.807, 2.05) is 4.68 Å². The number of aryl methyl sites for hydroxylation is 2. The maximum Gasteiger partial charge on any atom is 0.328 e. The summed E-state index contributed by atoms with van der Waals surface area (Å²) in [5, 5.41) is 23.1. The Hall–Kier alpha value is -2.23. The van der Waals surface area contributed by atoms with Crippen molar-refractivity contribution in [2.24, 2.45) is 0 Å². The van der Waals surface area contributed by atoms with Gasteiger partial charge in [-0.2, -0.15) is 5.10 Å². The van der Waals surface area contributed by atoms with Gasteiger partial charge < -0.3 is 15.2 Å². The summed E-state index contributed by atoms with van der Waals surface area (Å²) >= 11 is 0. The fraction of sp³-hybridized carbons (Fsp3) is 0.562. The molecule has 3 rings (SSSR count). The molecule has 1 aliphatic rings. The van der Waals surface area contributed by atoms with Gasteiger partial charge in [0.2, 0.25) is 0 Å². The van der Waals surface area contributed by atoms with E-state index in [1.165, 1.54) is 10.6 Å². The molecule has 0 saturated heterocycles. The van der Waals surface area contributed by atoms with Crippen LogP contribution in [-0.4, -0.2) is 54.1 Å². The Morgan fingerprint density at radius 3 is 2.80 bits per heavy atom. The molecule has 3 N–H and O–H groups in total. The Bertz CT molecular complexity index is 822. The van der Waals surface area contributed by atoms with Crippen molar-refractivity contribution in [1.29, 1.82) is 0 Å². The minimum atomic E-state index is -0.974. The average molecular weight is 349 g/mol. The molecule has 3 heterocycles. The maximum absolute atomic E-state index is 12.0. The number of fused-ring (bicyclic) bond motifs is 1. The molecular weight excluding hydrogens is 326 g/mol. The average Bonchev–Trinajstić information content (AvgIpc) is 2.86. The van der Waals surface area contributed by atoms with Gasteiger partial charge in [-0.25, -0.2) is 4.79 Å². The molecule has 1 aliphatic heterocycles. The van der Waals surface area contributed by atoms with Crippen molar-refractivity contribution in [3.05, 3.63) is 50.1 Å². The zero-order valence-electron chi connectivity index (χ0n) is 14.2. The van der Waals surface area contributed by atoms with Gasteiger partial charge in [-0.3, -0.25) is 18.9 Å². The van der Waals surface area contributed by atoms with Crippen molar-refractivity contribution in [2.45, 2.75) is 39.1 Å². The van der Waals surface area contributed by atoms with Gasteiger partial charge in [0.05, 0.1) is 18.0 Å². The van der Waals surface area contributed by atoms with Crippen molar-refractivity contribution in [1.82, 2.24) is 24.2 Å². The van der Waals surface area contributed by atoms with Crippen LogP contribution in [0.5, 0.6) is 0 Å². The van der Waals surface area contributed by atoms with Crippen LogP contribution in [0.4, 0.5) is 0 Å². The minimum absolute atomic E-state index is 0.297. The van der Waals surface area contributed by atoms with Crippen molar-refractivity contribution in [2.75, 3.05) is 19.7 Å². The number of nitrogens with zero attached hydrogens (tertiary/aromatic N) is 4. The summed E-state index contributed by atoms with van der Waals surface area (Å²) in [6, 6.07) is 3.21. The predicted octanol–water partition coefficient (Wildman–Crippen LogP) is -1.03. The molecule has 25 heavy (non-hydrogen) atoms. The number of nitrogens with one attached hydrogen (secondary N) is 1. The highest BCUT2D eigenvalue weighted by molar-refractivity contribution is 5.13. The molecule has 0 spiro atoms. The van der Waals surface area contributed by atoms with Gasteiger partial charge in [0.25, 0.3) is 5.56 Å². The lowest BCUT2D eigenvalue weighted by Gasteiger charge is -2.19. The fourth-order valence-corrected chi connectivity index (χ4v) is 3.09. The summed E-state index contributed by atoms with van der Waals surface area (Å²) in [5.74, 6) is 0. The smallest absolute Gasteiger partial charge is 0.328 e. The Balaban J connectivity index is 1.71. The molecule has 0 aliphatic carbocycles. The normalized spacial score (nSPS) is 16.4. The van der Waals surface area contributed by atoms with E-state index >= 15 is 0 Å². The van der Waals surface area contributed by atoms with E-state index in [1.54, 1.807) is 13.0 Å². The first-order valence-electron chi connectivity index (χ1n) is 8.36.